The van der Waals surface area contributed by atoms with Crippen LogP contribution in [0.2, 0.25) is 0 Å². The summed E-state index contributed by atoms with van der Waals surface area (Å²) in [7, 11) is 0. The molecule has 1 aromatic carbocycles. The summed E-state index contributed by atoms with van der Waals surface area (Å²) in [5, 5.41) is 0. The van der Waals surface area contributed by atoms with Crippen molar-refractivity contribution in [3.05, 3.63) is 40.6 Å². The summed E-state index contributed by atoms with van der Waals surface area (Å²) >= 11 is 3.13. The van der Waals surface area contributed by atoms with Crippen LogP contribution in [-0.2, 0) is 0 Å². The fourth-order valence-corrected chi connectivity index (χ4v) is 2.01. The van der Waals surface area contributed by atoms with Gasteiger partial charge in [-0.25, -0.2) is 0 Å². The lowest BCUT2D eigenvalue weighted by atomic mass is 10.2. The van der Waals surface area contributed by atoms with Gasteiger partial charge < -0.3 is 9.15 Å². The molecule has 0 amide bonds. The topological polar surface area (TPSA) is 39.4 Å². The van der Waals surface area contributed by atoms with Crippen molar-refractivity contribution in [2.75, 3.05) is 0 Å². The Balaban J connectivity index is 2.31. The molecule has 2 aromatic rings. The van der Waals surface area contributed by atoms with E-state index in [4.69, 9.17) is 4.42 Å². The van der Waals surface area contributed by atoms with Gasteiger partial charge in [-0.15, -0.1) is 13.2 Å². The predicted octanol–water partition coefficient (Wildman–Crippen LogP) is 4.42. The van der Waals surface area contributed by atoms with Crippen molar-refractivity contribution < 1.29 is 27.1 Å². The average Bonchev–Trinajstić information content (AvgIpc) is 2.75. The number of halogens is 4. The number of rotatable bonds is 3. The van der Waals surface area contributed by atoms with Gasteiger partial charge in [0.15, 0.2) is 12.0 Å². The number of furan rings is 1. The largest absolute Gasteiger partial charge is 0.573 e. The molecule has 2 rings (SSSR count). The minimum Gasteiger partial charge on any atom is -0.453 e. The number of benzene rings is 1. The summed E-state index contributed by atoms with van der Waals surface area (Å²) in [5.74, 6) is 0.162. The molecular weight excluding hydrogens is 329 g/mol. The molecule has 1 heterocycles. The number of hydrogen-bond donors (Lipinski definition) is 0. The summed E-state index contributed by atoms with van der Waals surface area (Å²) in [6, 6.07) is 6.75. The first-order chi connectivity index (χ1) is 8.89. The number of hydrogen-bond acceptors (Lipinski definition) is 3. The van der Waals surface area contributed by atoms with Crippen LogP contribution in [0.5, 0.6) is 5.75 Å². The maximum atomic E-state index is 12.1. The highest BCUT2D eigenvalue weighted by Gasteiger charge is 2.31. The summed E-state index contributed by atoms with van der Waals surface area (Å²) in [4.78, 5) is 10.5. The lowest BCUT2D eigenvalue weighted by molar-refractivity contribution is -0.274. The first-order valence-electron chi connectivity index (χ1n) is 5.00. The van der Waals surface area contributed by atoms with E-state index in [1.165, 1.54) is 18.2 Å². The highest BCUT2D eigenvalue weighted by molar-refractivity contribution is 9.10. The molecule has 0 spiro atoms. The van der Waals surface area contributed by atoms with Crippen molar-refractivity contribution in [3.8, 4) is 17.1 Å². The van der Waals surface area contributed by atoms with Crippen LogP contribution in [0.15, 0.2) is 39.2 Å². The Labute approximate surface area is 114 Å². The molecule has 0 fully saturated rings. The van der Waals surface area contributed by atoms with E-state index in [1.54, 1.807) is 6.07 Å². The van der Waals surface area contributed by atoms with Crippen molar-refractivity contribution >= 4 is 22.2 Å². The highest BCUT2D eigenvalue weighted by Crippen LogP contribution is 2.34. The first kappa shape index (κ1) is 13.7. The Kier molecular flexibility index (Phi) is 3.66. The molecule has 0 aliphatic heterocycles. The average molecular weight is 335 g/mol. The van der Waals surface area contributed by atoms with Gasteiger partial charge in [-0.1, -0.05) is 0 Å². The normalized spacial score (nSPS) is 11.4. The van der Waals surface area contributed by atoms with Crippen molar-refractivity contribution in [1.82, 2.24) is 0 Å². The number of aldehydes is 1. The van der Waals surface area contributed by atoms with Crippen LogP contribution in [0.3, 0.4) is 0 Å². The fourth-order valence-electron chi connectivity index (χ4n) is 1.45. The van der Waals surface area contributed by atoms with Gasteiger partial charge in [-0.05, 0) is 46.3 Å². The molecule has 0 aliphatic carbocycles. The Morgan fingerprint density at radius 2 is 1.95 bits per heavy atom. The molecule has 0 aliphatic rings. The van der Waals surface area contributed by atoms with E-state index in [2.05, 4.69) is 20.7 Å². The van der Waals surface area contributed by atoms with E-state index in [0.717, 1.165) is 6.07 Å². The SMILES string of the molecule is O=Cc1ccc(-c2ccc(OC(F)(F)F)cc2Br)o1. The van der Waals surface area contributed by atoms with E-state index in [-0.39, 0.29) is 11.5 Å². The van der Waals surface area contributed by atoms with Crippen LogP contribution in [0, 0.1) is 0 Å². The lowest BCUT2D eigenvalue weighted by Gasteiger charge is -2.10. The molecule has 0 unspecified atom stereocenters. The van der Waals surface area contributed by atoms with Crippen LogP contribution in [-0.4, -0.2) is 12.6 Å². The molecule has 0 radical (unpaired) electrons. The summed E-state index contributed by atoms with van der Waals surface area (Å²) in [5.41, 5.74) is 0.516. The summed E-state index contributed by atoms with van der Waals surface area (Å²) in [6.45, 7) is 0. The van der Waals surface area contributed by atoms with Gasteiger partial charge in [0.1, 0.15) is 11.5 Å². The molecule has 19 heavy (non-hydrogen) atoms. The fraction of sp³-hybridized carbons (Fsp3) is 0.0833. The molecule has 7 heteroatoms. The van der Waals surface area contributed by atoms with E-state index in [9.17, 15) is 18.0 Å². The monoisotopic (exact) mass is 334 g/mol. The van der Waals surface area contributed by atoms with Crippen LogP contribution < -0.4 is 4.74 Å². The van der Waals surface area contributed by atoms with Gasteiger partial charge >= 0.3 is 6.36 Å². The molecule has 1 aromatic heterocycles. The standard InChI is InChI=1S/C12H6BrF3O3/c13-10-5-7(19-12(14,15)16)1-3-9(10)11-4-2-8(6-17)18-11/h1-6H. The van der Waals surface area contributed by atoms with Crippen LogP contribution in [0.1, 0.15) is 10.6 Å². The van der Waals surface area contributed by atoms with E-state index >= 15 is 0 Å². The smallest absolute Gasteiger partial charge is 0.453 e. The number of alkyl halides is 3. The molecular formula is C12H6BrF3O3. The van der Waals surface area contributed by atoms with E-state index in [1.807, 2.05) is 0 Å². The Hall–Kier alpha value is -1.76. The van der Waals surface area contributed by atoms with Gasteiger partial charge in [-0.2, -0.15) is 0 Å². The van der Waals surface area contributed by atoms with Gasteiger partial charge in [0.25, 0.3) is 0 Å². The first-order valence-corrected chi connectivity index (χ1v) is 5.79. The van der Waals surface area contributed by atoms with Crippen molar-refractivity contribution in [2.24, 2.45) is 0 Å². The minimum atomic E-state index is -4.74. The molecule has 3 nitrogen and oxygen atoms in total. The predicted molar refractivity (Wildman–Crippen MR) is 63.9 cm³/mol. The summed E-state index contributed by atoms with van der Waals surface area (Å²) in [6.07, 6.45) is -4.20. The third-order valence-corrected chi connectivity index (χ3v) is 2.84. The Bertz CT molecular complexity index is 605. The quantitative estimate of drug-likeness (QED) is 0.780. The minimum absolute atomic E-state index is 0.137. The second-order valence-corrected chi connectivity index (χ2v) is 4.36. The zero-order valence-corrected chi connectivity index (χ0v) is 10.8. The van der Waals surface area contributed by atoms with Gasteiger partial charge in [0.05, 0.1) is 0 Å². The second kappa shape index (κ2) is 5.08. The molecule has 0 bridgehead atoms. The van der Waals surface area contributed by atoms with E-state index < -0.39 is 6.36 Å². The zero-order chi connectivity index (χ0) is 14.0. The second-order valence-electron chi connectivity index (χ2n) is 3.51. The van der Waals surface area contributed by atoms with Crippen LogP contribution in [0.4, 0.5) is 13.2 Å². The van der Waals surface area contributed by atoms with Crippen molar-refractivity contribution in [2.45, 2.75) is 6.36 Å². The lowest BCUT2D eigenvalue weighted by Crippen LogP contribution is -2.17. The molecule has 0 atom stereocenters. The van der Waals surface area contributed by atoms with Gasteiger partial charge in [-0.3, -0.25) is 4.79 Å². The molecule has 0 saturated heterocycles. The van der Waals surface area contributed by atoms with Crippen molar-refractivity contribution in [3.63, 3.8) is 0 Å². The number of carbonyl (C=O) groups is 1. The Morgan fingerprint density at radius 3 is 2.47 bits per heavy atom. The molecule has 0 N–H and O–H groups in total. The zero-order valence-electron chi connectivity index (χ0n) is 9.20. The third-order valence-electron chi connectivity index (χ3n) is 2.18. The maximum absolute atomic E-state index is 12.1. The summed E-state index contributed by atoms with van der Waals surface area (Å²) < 4.78 is 45.5. The van der Waals surface area contributed by atoms with Crippen LogP contribution >= 0.6 is 15.9 Å². The number of carbonyl (C=O) groups excluding carboxylic acids is 1. The van der Waals surface area contributed by atoms with Crippen LogP contribution in [0.25, 0.3) is 11.3 Å². The van der Waals surface area contributed by atoms with Crippen molar-refractivity contribution in [1.29, 1.82) is 0 Å². The highest BCUT2D eigenvalue weighted by atomic mass is 79.9. The van der Waals surface area contributed by atoms with E-state index in [0.29, 0.717) is 22.1 Å². The maximum Gasteiger partial charge on any atom is 0.573 e. The third kappa shape index (κ3) is 3.37. The number of ether oxygens (including phenoxy) is 1. The Morgan fingerprint density at radius 1 is 1.21 bits per heavy atom. The molecule has 0 saturated carbocycles. The van der Waals surface area contributed by atoms with Gasteiger partial charge in [0, 0.05) is 10.0 Å². The molecule has 100 valence electrons. The van der Waals surface area contributed by atoms with Gasteiger partial charge in [0.2, 0.25) is 0 Å².